The lowest BCUT2D eigenvalue weighted by Crippen LogP contribution is -2.17. The average molecular weight is 332 g/mol. The molecule has 1 aromatic rings. The quantitative estimate of drug-likeness (QED) is 0.723. The molecule has 1 fully saturated rings. The van der Waals surface area contributed by atoms with Crippen molar-refractivity contribution in [2.24, 2.45) is 5.92 Å². The van der Waals surface area contributed by atoms with Gasteiger partial charge < -0.3 is 20.1 Å². The molecule has 1 aromatic carbocycles. The van der Waals surface area contributed by atoms with E-state index in [1.165, 1.54) is 18.2 Å². The Balaban J connectivity index is 1.86. The molecule has 4 atom stereocenters. The Morgan fingerprint density at radius 3 is 2.61 bits per heavy atom. The van der Waals surface area contributed by atoms with Gasteiger partial charge in [-0.25, -0.2) is 0 Å². The van der Waals surface area contributed by atoms with Crippen molar-refractivity contribution in [3.63, 3.8) is 0 Å². The van der Waals surface area contributed by atoms with E-state index in [0.29, 0.717) is 12.8 Å². The number of hydrogen-bond donors (Lipinski definition) is 3. The molecule has 1 saturated carbocycles. The molecule has 0 aromatic heterocycles. The molecular weight excluding hydrogens is 313 g/mol. The van der Waals surface area contributed by atoms with Crippen molar-refractivity contribution >= 4 is 0 Å². The van der Waals surface area contributed by atoms with Crippen LogP contribution >= 0.6 is 0 Å². The van der Waals surface area contributed by atoms with Gasteiger partial charge in [0.15, 0.2) is 0 Å². The summed E-state index contributed by atoms with van der Waals surface area (Å²) in [6, 6.07) is 4.42. The number of aliphatic hydroxyl groups is 3. The first-order valence-corrected chi connectivity index (χ1v) is 7.28. The Kier molecular flexibility index (Phi) is 5.67. The maximum Gasteiger partial charge on any atom is 0.416 e. The van der Waals surface area contributed by atoms with Gasteiger partial charge in [-0.05, 0) is 31.0 Å². The highest BCUT2D eigenvalue weighted by Crippen LogP contribution is 2.31. The average Bonchev–Trinajstić information content (AvgIpc) is 2.80. The van der Waals surface area contributed by atoms with Crippen LogP contribution in [0, 0.1) is 5.92 Å². The van der Waals surface area contributed by atoms with E-state index in [1.54, 1.807) is 6.08 Å². The third kappa shape index (κ3) is 5.23. The summed E-state index contributed by atoms with van der Waals surface area (Å²) in [5.74, 6) is -0.225. The van der Waals surface area contributed by atoms with Crippen LogP contribution in [0.15, 0.2) is 36.4 Å². The van der Waals surface area contributed by atoms with E-state index in [9.17, 15) is 28.5 Å². The fraction of sp³-hybridized carbons (Fsp3) is 0.500. The number of benzene rings is 1. The van der Waals surface area contributed by atoms with E-state index < -0.39 is 30.1 Å². The first-order chi connectivity index (χ1) is 10.8. The van der Waals surface area contributed by atoms with Crippen LogP contribution in [-0.2, 0) is 6.18 Å². The standard InChI is InChI=1S/C16H19F3O4/c17-16(18,19)11-2-1-3-14(7-11)23-9-12(20)5-4-10-6-13(21)8-15(10)22/h1-5,7,10,12-13,15,20-22H,6,8-9H2/b5-4+/t10-,12-,13-,15-/m1/s1. The van der Waals surface area contributed by atoms with Gasteiger partial charge in [0.25, 0.3) is 0 Å². The van der Waals surface area contributed by atoms with Crippen LogP contribution in [0.1, 0.15) is 18.4 Å². The van der Waals surface area contributed by atoms with Crippen LogP contribution < -0.4 is 4.74 Å². The van der Waals surface area contributed by atoms with E-state index >= 15 is 0 Å². The number of alkyl halides is 3. The zero-order valence-electron chi connectivity index (χ0n) is 12.3. The minimum atomic E-state index is -4.45. The number of rotatable bonds is 5. The van der Waals surface area contributed by atoms with E-state index in [1.807, 2.05) is 0 Å². The fourth-order valence-corrected chi connectivity index (χ4v) is 2.50. The van der Waals surface area contributed by atoms with Crippen LogP contribution in [0.2, 0.25) is 0 Å². The van der Waals surface area contributed by atoms with Gasteiger partial charge in [0.2, 0.25) is 0 Å². The zero-order valence-corrected chi connectivity index (χ0v) is 12.3. The van der Waals surface area contributed by atoms with Gasteiger partial charge in [-0.3, -0.25) is 0 Å². The Labute approximate surface area is 131 Å². The number of aliphatic hydroxyl groups excluding tert-OH is 3. The van der Waals surface area contributed by atoms with Gasteiger partial charge in [0.05, 0.1) is 17.8 Å². The SMILES string of the molecule is O[C@H]1C[C@@H](O)[C@H](/C=C/[C@@H](O)COc2cccc(C(F)(F)F)c2)C1. The lowest BCUT2D eigenvalue weighted by molar-refractivity contribution is -0.137. The molecule has 0 radical (unpaired) electrons. The van der Waals surface area contributed by atoms with Crippen LogP contribution in [-0.4, -0.2) is 40.2 Å². The van der Waals surface area contributed by atoms with E-state index in [2.05, 4.69) is 0 Å². The third-order valence-corrected chi connectivity index (χ3v) is 3.71. The fourth-order valence-electron chi connectivity index (χ4n) is 2.50. The predicted octanol–water partition coefficient (Wildman–Crippen LogP) is 2.13. The molecule has 0 unspecified atom stereocenters. The van der Waals surface area contributed by atoms with Crippen molar-refractivity contribution in [1.29, 1.82) is 0 Å². The molecule has 0 bridgehead atoms. The Hall–Kier alpha value is -1.57. The second-order valence-corrected chi connectivity index (χ2v) is 5.65. The summed E-state index contributed by atoms with van der Waals surface area (Å²) in [4.78, 5) is 0. The van der Waals surface area contributed by atoms with Gasteiger partial charge >= 0.3 is 6.18 Å². The molecule has 0 aliphatic heterocycles. The van der Waals surface area contributed by atoms with E-state index in [4.69, 9.17) is 4.74 Å². The molecule has 128 valence electrons. The highest BCUT2D eigenvalue weighted by atomic mass is 19.4. The number of ether oxygens (including phenoxy) is 1. The summed E-state index contributed by atoms with van der Waals surface area (Å²) in [6.07, 6.45) is -2.95. The lowest BCUT2D eigenvalue weighted by atomic mass is 10.0. The summed E-state index contributed by atoms with van der Waals surface area (Å²) < 4.78 is 42.9. The predicted molar refractivity (Wildman–Crippen MR) is 76.8 cm³/mol. The molecule has 2 rings (SSSR count). The highest BCUT2D eigenvalue weighted by molar-refractivity contribution is 5.30. The maximum absolute atomic E-state index is 12.6. The maximum atomic E-state index is 12.6. The van der Waals surface area contributed by atoms with Crippen LogP contribution in [0.4, 0.5) is 13.2 Å². The van der Waals surface area contributed by atoms with Crippen molar-refractivity contribution in [2.45, 2.75) is 37.3 Å². The van der Waals surface area contributed by atoms with Crippen LogP contribution in [0.3, 0.4) is 0 Å². The lowest BCUT2D eigenvalue weighted by Gasteiger charge is -2.13. The summed E-state index contributed by atoms with van der Waals surface area (Å²) in [7, 11) is 0. The smallest absolute Gasteiger partial charge is 0.416 e. The van der Waals surface area contributed by atoms with Gasteiger partial charge in [-0.1, -0.05) is 18.2 Å². The summed E-state index contributed by atoms with van der Waals surface area (Å²) in [6.45, 7) is -0.205. The van der Waals surface area contributed by atoms with Crippen molar-refractivity contribution < 1.29 is 33.2 Å². The Morgan fingerprint density at radius 2 is 2.00 bits per heavy atom. The minimum Gasteiger partial charge on any atom is -0.491 e. The van der Waals surface area contributed by atoms with Crippen molar-refractivity contribution in [2.75, 3.05) is 6.61 Å². The molecule has 3 N–H and O–H groups in total. The van der Waals surface area contributed by atoms with E-state index in [0.717, 1.165) is 12.1 Å². The second kappa shape index (κ2) is 7.33. The van der Waals surface area contributed by atoms with Crippen LogP contribution in [0.5, 0.6) is 5.75 Å². The molecule has 7 heteroatoms. The number of halogens is 3. The van der Waals surface area contributed by atoms with E-state index in [-0.39, 0.29) is 18.3 Å². The molecular formula is C16H19F3O4. The molecule has 0 heterocycles. The van der Waals surface area contributed by atoms with Gasteiger partial charge in [0.1, 0.15) is 18.5 Å². The minimum absolute atomic E-state index is 0.0172. The molecule has 0 saturated heterocycles. The van der Waals surface area contributed by atoms with Crippen molar-refractivity contribution in [1.82, 2.24) is 0 Å². The molecule has 0 spiro atoms. The van der Waals surface area contributed by atoms with Crippen LogP contribution in [0.25, 0.3) is 0 Å². The first-order valence-electron chi connectivity index (χ1n) is 7.28. The molecule has 0 amide bonds. The molecule has 1 aliphatic rings. The normalized spacial score (nSPS) is 26.6. The number of hydrogen-bond acceptors (Lipinski definition) is 4. The largest absolute Gasteiger partial charge is 0.491 e. The van der Waals surface area contributed by atoms with Gasteiger partial charge in [-0.2, -0.15) is 13.2 Å². The van der Waals surface area contributed by atoms with Gasteiger partial charge in [-0.15, -0.1) is 0 Å². The zero-order chi connectivity index (χ0) is 17.0. The first kappa shape index (κ1) is 17.8. The van der Waals surface area contributed by atoms with Gasteiger partial charge in [0, 0.05) is 5.92 Å². The van der Waals surface area contributed by atoms with Crippen molar-refractivity contribution in [3.8, 4) is 5.75 Å². The summed E-state index contributed by atoms with van der Waals surface area (Å²) >= 11 is 0. The summed E-state index contributed by atoms with van der Waals surface area (Å²) in [5.41, 5.74) is -0.817. The monoisotopic (exact) mass is 332 g/mol. The highest BCUT2D eigenvalue weighted by Gasteiger charge is 2.31. The Morgan fingerprint density at radius 1 is 1.26 bits per heavy atom. The Bertz CT molecular complexity index is 544. The molecule has 4 nitrogen and oxygen atoms in total. The second-order valence-electron chi connectivity index (χ2n) is 5.65. The third-order valence-electron chi connectivity index (χ3n) is 3.71. The topological polar surface area (TPSA) is 69.9 Å². The molecule has 23 heavy (non-hydrogen) atoms. The summed E-state index contributed by atoms with van der Waals surface area (Å²) in [5, 5.41) is 28.8. The molecule has 1 aliphatic carbocycles. The van der Waals surface area contributed by atoms with Crippen molar-refractivity contribution in [3.05, 3.63) is 42.0 Å².